The molecule has 2 N–H and O–H groups in total. The van der Waals surface area contributed by atoms with Gasteiger partial charge in [-0.3, -0.25) is 0 Å². The Balaban J connectivity index is 2.11. The molecule has 0 aromatic heterocycles. The van der Waals surface area contributed by atoms with E-state index in [2.05, 4.69) is 6.07 Å². The number of ether oxygens (including phenoxy) is 1. The van der Waals surface area contributed by atoms with Crippen molar-refractivity contribution in [1.29, 1.82) is 5.26 Å². The standard InChI is InChI=1S/C19H17NO3/c1-11-3-4-13-5-6-15(21)9-17(13)19(11)23-18-12(2)7-16(22)8-14(18)10-20/h5-9,21-22H,3-4H2,1-2H3. The second-order valence-corrected chi connectivity index (χ2v) is 5.80. The summed E-state index contributed by atoms with van der Waals surface area (Å²) in [5.41, 5.74) is 4.01. The molecule has 116 valence electrons. The van der Waals surface area contributed by atoms with Crippen molar-refractivity contribution in [2.75, 3.05) is 0 Å². The van der Waals surface area contributed by atoms with Crippen molar-refractivity contribution in [3.63, 3.8) is 0 Å². The zero-order valence-corrected chi connectivity index (χ0v) is 13.1. The van der Waals surface area contributed by atoms with E-state index in [1.165, 1.54) is 6.07 Å². The summed E-state index contributed by atoms with van der Waals surface area (Å²) < 4.78 is 6.09. The molecule has 0 unspecified atom stereocenters. The molecule has 0 heterocycles. The van der Waals surface area contributed by atoms with Crippen molar-refractivity contribution in [1.82, 2.24) is 0 Å². The summed E-state index contributed by atoms with van der Waals surface area (Å²) >= 11 is 0. The van der Waals surface area contributed by atoms with Crippen LogP contribution in [-0.4, -0.2) is 10.2 Å². The Morgan fingerprint density at radius 2 is 1.83 bits per heavy atom. The van der Waals surface area contributed by atoms with Crippen molar-refractivity contribution < 1.29 is 14.9 Å². The van der Waals surface area contributed by atoms with Crippen LogP contribution >= 0.6 is 0 Å². The number of hydrogen-bond acceptors (Lipinski definition) is 4. The van der Waals surface area contributed by atoms with Gasteiger partial charge >= 0.3 is 0 Å². The fourth-order valence-corrected chi connectivity index (χ4v) is 2.88. The van der Waals surface area contributed by atoms with Gasteiger partial charge in [-0.1, -0.05) is 6.07 Å². The number of rotatable bonds is 2. The molecule has 0 saturated heterocycles. The quantitative estimate of drug-likeness (QED) is 0.878. The molecule has 1 aliphatic rings. The molecular weight excluding hydrogens is 290 g/mol. The largest absolute Gasteiger partial charge is 0.508 e. The molecule has 1 aliphatic carbocycles. The lowest BCUT2D eigenvalue weighted by molar-refractivity contribution is 0.464. The number of aryl methyl sites for hydroxylation is 2. The zero-order valence-electron chi connectivity index (χ0n) is 13.1. The average Bonchev–Trinajstić information content (AvgIpc) is 2.51. The summed E-state index contributed by atoms with van der Waals surface area (Å²) in [5, 5.41) is 28.7. The van der Waals surface area contributed by atoms with Gasteiger partial charge in [0.25, 0.3) is 0 Å². The molecule has 2 aromatic rings. The number of fused-ring (bicyclic) bond motifs is 1. The Kier molecular flexibility index (Phi) is 3.71. The smallest absolute Gasteiger partial charge is 0.148 e. The minimum atomic E-state index is 0.0405. The third kappa shape index (κ3) is 2.74. The van der Waals surface area contributed by atoms with Crippen molar-refractivity contribution in [2.24, 2.45) is 0 Å². The van der Waals surface area contributed by atoms with Crippen molar-refractivity contribution >= 4 is 5.76 Å². The molecule has 4 nitrogen and oxygen atoms in total. The van der Waals surface area contributed by atoms with Crippen LogP contribution in [-0.2, 0) is 6.42 Å². The van der Waals surface area contributed by atoms with E-state index in [1.807, 2.05) is 13.0 Å². The molecule has 0 spiro atoms. The number of benzene rings is 2. The summed E-state index contributed by atoms with van der Waals surface area (Å²) in [5.74, 6) is 1.34. The van der Waals surface area contributed by atoms with Crippen LogP contribution in [0.5, 0.6) is 17.2 Å². The van der Waals surface area contributed by atoms with E-state index in [4.69, 9.17) is 4.74 Å². The molecule has 0 saturated carbocycles. The SMILES string of the molecule is CC1=C(Oc2c(C)cc(O)cc2C#N)c2cc(O)ccc2CC1. The van der Waals surface area contributed by atoms with Gasteiger partial charge in [-0.25, -0.2) is 0 Å². The number of nitriles is 1. The molecular formula is C19H17NO3. The fourth-order valence-electron chi connectivity index (χ4n) is 2.88. The van der Waals surface area contributed by atoms with Gasteiger partial charge in [-0.2, -0.15) is 5.26 Å². The molecule has 0 bridgehead atoms. The molecule has 4 heteroatoms. The second-order valence-electron chi connectivity index (χ2n) is 5.80. The number of nitrogens with zero attached hydrogens (tertiary/aromatic N) is 1. The number of phenols is 2. The number of phenolic OH excluding ortho intramolecular Hbond substituents is 2. The van der Waals surface area contributed by atoms with E-state index in [1.54, 1.807) is 25.1 Å². The minimum absolute atomic E-state index is 0.0405. The van der Waals surface area contributed by atoms with Crippen LogP contribution < -0.4 is 4.74 Å². The van der Waals surface area contributed by atoms with E-state index < -0.39 is 0 Å². The lowest BCUT2D eigenvalue weighted by Gasteiger charge is -2.23. The molecule has 0 radical (unpaired) electrons. The highest BCUT2D eigenvalue weighted by Gasteiger charge is 2.21. The third-order valence-electron chi connectivity index (χ3n) is 4.08. The van der Waals surface area contributed by atoms with E-state index >= 15 is 0 Å². The van der Waals surface area contributed by atoms with Crippen molar-refractivity contribution in [3.05, 3.63) is 58.2 Å². The van der Waals surface area contributed by atoms with Crippen LogP contribution in [0.15, 0.2) is 35.9 Å². The van der Waals surface area contributed by atoms with E-state index in [0.717, 1.165) is 29.5 Å². The zero-order chi connectivity index (χ0) is 16.6. The third-order valence-corrected chi connectivity index (χ3v) is 4.08. The predicted octanol–water partition coefficient (Wildman–Crippen LogP) is 4.03. The molecule has 0 aliphatic heterocycles. The lowest BCUT2D eigenvalue weighted by Crippen LogP contribution is -2.09. The van der Waals surface area contributed by atoms with Gasteiger partial charge in [0.05, 0.1) is 5.56 Å². The monoisotopic (exact) mass is 307 g/mol. The normalized spacial score (nSPS) is 13.4. The fraction of sp³-hybridized carbons (Fsp3) is 0.211. The Bertz CT molecular complexity index is 860. The molecule has 2 aromatic carbocycles. The van der Waals surface area contributed by atoms with Gasteiger partial charge in [0, 0.05) is 11.6 Å². The maximum Gasteiger partial charge on any atom is 0.148 e. The summed E-state index contributed by atoms with van der Waals surface area (Å²) in [4.78, 5) is 0. The van der Waals surface area contributed by atoms with Gasteiger partial charge in [0.15, 0.2) is 0 Å². The topological polar surface area (TPSA) is 73.5 Å². The highest BCUT2D eigenvalue weighted by molar-refractivity contribution is 5.72. The van der Waals surface area contributed by atoms with Gasteiger partial charge in [0.1, 0.15) is 29.1 Å². The molecule has 23 heavy (non-hydrogen) atoms. The molecule has 0 atom stereocenters. The van der Waals surface area contributed by atoms with Gasteiger partial charge in [-0.05, 0) is 61.6 Å². The van der Waals surface area contributed by atoms with Gasteiger partial charge in [-0.15, -0.1) is 0 Å². The highest BCUT2D eigenvalue weighted by atomic mass is 16.5. The maximum absolute atomic E-state index is 9.79. The summed E-state index contributed by atoms with van der Waals surface area (Å²) in [6.45, 7) is 3.78. The number of allylic oxidation sites excluding steroid dienone is 1. The van der Waals surface area contributed by atoms with E-state index in [-0.39, 0.29) is 17.1 Å². The Hall–Kier alpha value is -2.93. The Morgan fingerprint density at radius 1 is 1.04 bits per heavy atom. The first kappa shape index (κ1) is 15.0. The van der Waals surface area contributed by atoms with Crippen LogP contribution in [0.2, 0.25) is 0 Å². The van der Waals surface area contributed by atoms with Crippen LogP contribution in [0.25, 0.3) is 5.76 Å². The number of aromatic hydroxyl groups is 2. The molecule has 3 rings (SSSR count). The first-order valence-electron chi connectivity index (χ1n) is 7.43. The first-order chi connectivity index (χ1) is 11.0. The van der Waals surface area contributed by atoms with Crippen LogP contribution in [0, 0.1) is 18.3 Å². The summed E-state index contributed by atoms with van der Waals surface area (Å²) in [6.07, 6.45) is 1.76. The Morgan fingerprint density at radius 3 is 2.57 bits per heavy atom. The van der Waals surface area contributed by atoms with Gasteiger partial charge in [0.2, 0.25) is 0 Å². The first-order valence-corrected chi connectivity index (χ1v) is 7.43. The highest BCUT2D eigenvalue weighted by Crippen LogP contribution is 2.37. The Labute approximate surface area is 134 Å². The van der Waals surface area contributed by atoms with Crippen molar-refractivity contribution in [3.8, 4) is 23.3 Å². The second kappa shape index (κ2) is 5.69. The minimum Gasteiger partial charge on any atom is -0.508 e. The predicted molar refractivity (Wildman–Crippen MR) is 87.2 cm³/mol. The lowest BCUT2D eigenvalue weighted by atomic mass is 9.91. The van der Waals surface area contributed by atoms with Crippen LogP contribution in [0.3, 0.4) is 0 Å². The summed E-state index contributed by atoms with van der Waals surface area (Å²) in [7, 11) is 0. The van der Waals surface area contributed by atoms with Gasteiger partial charge < -0.3 is 14.9 Å². The van der Waals surface area contributed by atoms with Crippen molar-refractivity contribution in [2.45, 2.75) is 26.7 Å². The average molecular weight is 307 g/mol. The van der Waals surface area contributed by atoms with E-state index in [0.29, 0.717) is 17.1 Å². The van der Waals surface area contributed by atoms with Crippen LogP contribution in [0.1, 0.15) is 35.6 Å². The maximum atomic E-state index is 9.79. The number of hydrogen-bond donors (Lipinski definition) is 2. The van der Waals surface area contributed by atoms with E-state index in [9.17, 15) is 15.5 Å². The molecule has 0 amide bonds. The van der Waals surface area contributed by atoms with Crippen LogP contribution in [0.4, 0.5) is 0 Å². The molecule has 0 fully saturated rings. The summed E-state index contributed by atoms with van der Waals surface area (Å²) in [6, 6.07) is 10.3.